The third-order valence-electron chi connectivity index (χ3n) is 3.46. The lowest BCUT2D eigenvalue weighted by atomic mass is 10.1. The standard InChI is InChI=1S/C14H20FN3O2S.HI/c1-16-14(17-8-11-3-2-4-13(15)7-11)18-9-12-5-6-21(19,20)10-12;/h2-4,7,12H,5-6,8-10H2,1H3,(H2,16,17,18);1H. The molecule has 1 aliphatic rings. The molecule has 1 aromatic carbocycles. The van der Waals surface area contributed by atoms with Gasteiger partial charge in [0, 0.05) is 20.1 Å². The van der Waals surface area contributed by atoms with Crippen molar-refractivity contribution in [1.29, 1.82) is 0 Å². The quantitative estimate of drug-likeness (QED) is 0.423. The molecule has 0 spiro atoms. The molecule has 2 rings (SSSR count). The largest absolute Gasteiger partial charge is 0.356 e. The Bertz CT molecular complexity index is 622. The fourth-order valence-electron chi connectivity index (χ4n) is 2.33. The van der Waals surface area contributed by atoms with Crippen molar-refractivity contribution >= 4 is 39.8 Å². The maximum atomic E-state index is 13.1. The summed E-state index contributed by atoms with van der Waals surface area (Å²) in [7, 11) is -1.21. The van der Waals surface area contributed by atoms with Gasteiger partial charge in [0.05, 0.1) is 11.5 Å². The SMILES string of the molecule is CN=C(NCc1cccc(F)c1)NCC1CCS(=O)(=O)C1.I. The van der Waals surface area contributed by atoms with Crippen LogP contribution in [0.3, 0.4) is 0 Å². The highest BCUT2D eigenvalue weighted by Gasteiger charge is 2.27. The van der Waals surface area contributed by atoms with Crippen LogP contribution in [-0.4, -0.2) is 39.5 Å². The molecule has 1 unspecified atom stereocenters. The molecule has 2 N–H and O–H groups in total. The Labute approximate surface area is 147 Å². The van der Waals surface area contributed by atoms with Crippen LogP contribution in [0.5, 0.6) is 0 Å². The number of nitrogens with one attached hydrogen (secondary N) is 2. The summed E-state index contributed by atoms with van der Waals surface area (Å²) >= 11 is 0. The highest BCUT2D eigenvalue weighted by molar-refractivity contribution is 14.0. The molecule has 1 saturated heterocycles. The van der Waals surface area contributed by atoms with Crippen molar-refractivity contribution in [2.24, 2.45) is 10.9 Å². The summed E-state index contributed by atoms with van der Waals surface area (Å²) in [6, 6.07) is 6.35. The van der Waals surface area contributed by atoms with Crippen molar-refractivity contribution < 1.29 is 12.8 Å². The zero-order valence-corrected chi connectivity index (χ0v) is 15.5. The average molecular weight is 441 g/mol. The van der Waals surface area contributed by atoms with Crippen molar-refractivity contribution in [3.8, 4) is 0 Å². The van der Waals surface area contributed by atoms with Crippen molar-refractivity contribution in [3.05, 3.63) is 35.6 Å². The van der Waals surface area contributed by atoms with Gasteiger partial charge in [-0.3, -0.25) is 4.99 Å². The van der Waals surface area contributed by atoms with Gasteiger partial charge in [-0.15, -0.1) is 24.0 Å². The van der Waals surface area contributed by atoms with Gasteiger partial charge in [-0.05, 0) is 30.0 Å². The number of halogens is 2. The zero-order valence-electron chi connectivity index (χ0n) is 12.4. The fraction of sp³-hybridized carbons (Fsp3) is 0.500. The van der Waals surface area contributed by atoms with Crippen LogP contribution in [0.25, 0.3) is 0 Å². The maximum absolute atomic E-state index is 13.1. The van der Waals surface area contributed by atoms with E-state index in [4.69, 9.17) is 0 Å². The Balaban J connectivity index is 0.00000242. The van der Waals surface area contributed by atoms with Gasteiger partial charge in [-0.25, -0.2) is 12.8 Å². The van der Waals surface area contributed by atoms with Crippen LogP contribution >= 0.6 is 24.0 Å². The summed E-state index contributed by atoms with van der Waals surface area (Å²) in [5, 5.41) is 6.20. The van der Waals surface area contributed by atoms with E-state index >= 15 is 0 Å². The molecule has 0 saturated carbocycles. The summed E-state index contributed by atoms with van der Waals surface area (Å²) in [6.07, 6.45) is 0.691. The van der Waals surface area contributed by atoms with Gasteiger partial charge in [-0.2, -0.15) is 0 Å². The average Bonchev–Trinajstić information content (AvgIpc) is 2.78. The van der Waals surface area contributed by atoms with E-state index in [-0.39, 0.29) is 47.2 Å². The summed E-state index contributed by atoms with van der Waals surface area (Å²) in [4.78, 5) is 4.07. The number of rotatable bonds is 4. The Kier molecular flexibility index (Phi) is 7.54. The number of aliphatic imine (C=N–C) groups is 1. The van der Waals surface area contributed by atoms with Gasteiger partial charge in [-0.1, -0.05) is 12.1 Å². The molecule has 8 heteroatoms. The predicted octanol–water partition coefficient (Wildman–Crippen LogP) is 1.54. The first-order valence-corrected chi connectivity index (χ1v) is 8.70. The lowest BCUT2D eigenvalue weighted by Gasteiger charge is -2.14. The molecule has 0 bridgehead atoms. The second-order valence-electron chi connectivity index (χ2n) is 5.21. The van der Waals surface area contributed by atoms with E-state index in [2.05, 4.69) is 15.6 Å². The minimum atomic E-state index is -2.85. The third-order valence-corrected chi connectivity index (χ3v) is 5.29. The first-order chi connectivity index (χ1) is 9.98. The maximum Gasteiger partial charge on any atom is 0.191 e. The first-order valence-electron chi connectivity index (χ1n) is 6.88. The molecular formula is C14H21FIN3O2S. The lowest BCUT2D eigenvalue weighted by Crippen LogP contribution is -2.39. The Hall–Kier alpha value is -0.900. The van der Waals surface area contributed by atoms with Gasteiger partial charge in [0.15, 0.2) is 15.8 Å². The molecule has 0 aromatic heterocycles. The van der Waals surface area contributed by atoms with E-state index in [0.717, 1.165) is 5.56 Å². The zero-order chi connectivity index (χ0) is 15.3. The molecule has 5 nitrogen and oxygen atoms in total. The number of benzene rings is 1. The third kappa shape index (κ3) is 6.07. The number of hydrogen-bond donors (Lipinski definition) is 2. The van der Waals surface area contributed by atoms with Crippen molar-refractivity contribution in [2.45, 2.75) is 13.0 Å². The fourth-order valence-corrected chi connectivity index (χ4v) is 4.19. The topological polar surface area (TPSA) is 70.6 Å². The van der Waals surface area contributed by atoms with E-state index in [1.165, 1.54) is 12.1 Å². The number of hydrogen-bond acceptors (Lipinski definition) is 3. The molecule has 1 heterocycles. The molecule has 1 fully saturated rings. The smallest absolute Gasteiger partial charge is 0.191 e. The molecule has 22 heavy (non-hydrogen) atoms. The normalized spacial score (nSPS) is 20.3. The van der Waals surface area contributed by atoms with Gasteiger partial charge < -0.3 is 10.6 Å². The second-order valence-corrected chi connectivity index (χ2v) is 7.43. The van der Waals surface area contributed by atoms with E-state index in [1.54, 1.807) is 13.1 Å². The van der Waals surface area contributed by atoms with Gasteiger partial charge in [0.2, 0.25) is 0 Å². The van der Waals surface area contributed by atoms with E-state index < -0.39 is 9.84 Å². The van der Waals surface area contributed by atoms with Crippen LogP contribution in [0.4, 0.5) is 4.39 Å². The first kappa shape index (κ1) is 19.1. The second kappa shape index (κ2) is 8.66. The van der Waals surface area contributed by atoms with Crippen LogP contribution in [0.1, 0.15) is 12.0 Å². The van der Waals surface area contributed by atoms with E-state index in [1.807, 2.05) is 6.07 Å². The highest BCUT2D eigenvalue weighted by atomic mass is 127. The van der Waals surface area contributed by atoms with Gasteiger partial charge >= 0.3 is 0 Å². The summed E-state index contributed by atoms with van der Waals surface area (Å²) < 4.78 is 35.8. The van der Waals surface area contributed by atoms with E-state index in [9.17, 15) is 12.8 Å². The molecule has 1 aromatic rings. The van der Waals surface area contributed by atoms with Crippen molar-refractivity contribution in [1.82, 2.24) is 10.6 Å². The molecule has 0 radical (unpaired) electrons. The number of nitrogens with zero attached hydrogens (tertiary/aromatic N) is 1. The Morgan fingerprint density at radius 2 is 2.18 bits per heavy atom. The van der Waals surface area contributed by atoms with Crippen LogP contribution in [0.15, 0.2) is 29.3 Å². The Morgan fingerprint density at radius 1 is 1.41 bits per heavy atom. The number of guanidine groups is 1. The van der Waals surface area contributed by atoms with Crippen LogP contribution in [0, 0.1) is 11.7 Å². The minimum absolute atomic E-state index is 0. The summed E-state index contributed by atoms with van der Waals surface area (Å²) in [5.74, 6) is 0.954. The Morgan fingerprint density at radius 3 is 2.77 bits per heavy atom. The van der Waals surface area contributed by atoms with Crippen molar-refractivity contribution in [3.63, 3.8) is 0 Å². The molecule has 0 amide bonds. The van der Waals surface area contributed by atoms with E-state index in [0.29, 0.717) is 25.5 Å². The molecule has 124 valence electrons. The van der Waals surface area contributed by atoms with Crippen LogP contribution < -0.4 is 10.6 Å². The van der Waals surface area contributed by atoms with Gasteiger partial charge in [0.25, 0.3) is 0 Å². The predicted molar refractivity (Wildman–Crippen MR) is 96.8 cm³/mol. The van der Waals surface area contributed by atoms with Gasteiger partial charge in [0.1, 0.15) is 5.82 Å². The number of sulfone groups is 1. The molecule has 1 atom stereocenters. The summed E-state index contributed by atoms with van der Waals surface area (Å²) in [5.41, 5.74) is 0.821. The summed E-state index contributed by atoms with van der Waals surface area (Å²) in [6.45, 7) is 1.03. The molecule has 1 aliphatic heterocycles. The lowest BCUT2D eigenvalue weighted by molar-refractivity contribution is 0.567. The molecular weight excluding hydrogens is 420 g/mol. The molecule has 0 aliphatic carbocycles. The van der Waals surface area contributed by atoms with Crippen molar-refractivity contribution in [2.75, 3.05) is 25.1 Å². The highest BCUT2D eigenvalue weighted by Crippen LogP contribution is 2.17. The monoisotopic (exact) mass is 441 g/mol. The van der Waals surface area contributed by atoms with Crippen LogP contribution in [0.2, 0.25) is 0 Å². The van der Waals surface area contributed by atoms with Crippen LogP contribution in [-0.2, 0) is 16.4 Å². The minimum Gasteiger partial charge on any atom is -0.356 e.